The number of carbonyl (C=O) groups excluding carboxylic acids is 1. The molecule has 1 aliphatic heterocycles. The average Bonchev–Trinajstić information content (AvgIpc) is 3.14. The van der Waals surface area contributed by atoms with Crippen molar-refractivity contribution in [3.05, 3.63) is 41.2 Å². The van der Waals surface area contributed by atoms with Crippen LogP contribution in [0.2, 0.25) is 0 Å². The number of aromatic amines is 1. The lowest BCUT2D eigenvalue weighted by molar-refractivity contribution is 0.0946. The standard InChI is InChI=1S/C22H26N6O/c1-12-21(26-14-5-2-4-13(23)10-14)28-20-15(6-3-7-18(20)25-12)19-11-16-17(27-19)8-9-24-22(16)29/h3,6-7,11,13-14,27H,2,4-5,8-10,23H2,1H3,(H,24,29)(H,26,28)/t13-,14+/m1/s1. The number of anilines is 1. The van der Waals surface area contributed by atoms with Crippen LogP contribution in [0.3, 0.4) is 0 Å². The van der Waals surface area contributed by atoms with Gasteiger partial charge in [0.1, 0.15) is 11.3 Å². The van der Waals surface area contributed by atoms with Crippen molar-refractivity contribution in [3.63, 3.8) is 0 Å². The number of para-hydroxylation sites is 1. The van der Waals surface area contributed by atoms with Crippen molar-refractivity contribution in [1.29, 1.82) is 0 Å². The quantitative estimate of drug-likeness (QED) is 0.550. The van der Waals surface area contributed by atoms with Crippen LogP contribution in [-0.4, -0.2) is 39.5 Å². The zero-order valence-corrected chi connectivity index (χ0v) is 16.6. The molecule has 0 unspecified atom stereocenters. The molecule has 2 atom stereocenters. The van der Waals surface area contributed by atoms with Gasteiger partial charge in [-0.15, -0.1) is 0 Å². The van der Waals surface area contributed by atoms with E-state index in [1.165, 1.54) is 0 Å². The first-order valence-corrected chi connectivity index (χ1v) is 10.4. The van der Waals surface area contributed by atoms with Gasteiger partial charge in [0.15, 0.2) is 0 Å². The molecule has 29 heavy (non-hydrogen) atoms. The van der Waals surface area contributed by atoms with Crippen LogP contribution in [-0.2, 0) is 6.42 Å². The molecule has 5 N–H and O–H groups in total. The lowest BCUT2D eigenvalue weighted by Gasteiger charge is -2.28. The van der Waals surface area contributed by atoms with Gasteiger partial charge >= 0.3 is 0 Å². The highest BCUT2D eigenvalue weighted by atomic mass is 16.1. The van der Waals surface area contributed by atoms with Crippen LogP contribution in [0, 0.1) is 6.92 Å². The second-order valence-electron chi connectivity index (χ2n) is 8.18. The SMILES string of the molecule is Cc1nc2cccc(-c3cc4c([nH]3)CCNC4=O)c2nc1N[C@H]1CCC[C@@H](N)C1. The minimum atomic E-state index is -0.0214. The van der Waals surface area contributed by atoms with Gasteiger partial charge in [0.05, 0.1) is 16.8 Å². The zero-order chi connectivity index (χ0) is 20.0. The maximum atomic E-state index is 12.2. The van der Waals surface area contributed by atoms with Crippen molar-refractivity contribution in [1.82, 2.24) is 20.3 Å². The van der Waals surface area contributed by atoms with E-state index in [-0.39, 0.29) is 11.9 Å². The van der Waals surface area contributed by atoms with Crippen LogP contribution in [0.15, 0.2) is 24.3 Å². The topological polar surface area (TPSA) is 109 Å². The maximum absolute atomic E-state index is 12.2. The van der Waals surface area contributed by atoms with Crippen LogP contribution < -0.4 is 16.4 Å². The predicted molar refractivity (Wildman–Crippen MR) is 114 cm³/mol. The third-order valence-corrected chi connectivity index (χ3v) is 6.02. The molecule has 7 heteroatoms. The Kier molecular flexibility index (Phi) is 4.47. The number of amides is 1. The van der Waals surface area contributed by atoms with Gasteiger partial charge in [-0.05, 0) is 44.7 Å². The van der Waals surface area contributed by atoms with E-state index in [1.54, 1.807) is 0 Å². The molecule has 7 nitrogen and oxygen atoms in total. The number of aryl methyl sites for hydroxylation is 1. The normalized spacial score (nSPS) is 21.7. The van der Waals surface area contributed by atoms with Gasteiger partial charge in [-0.25, -0.2) is 9.97 Å². The molecule has 0 saturated heterocycles. The van der Waals surface area contributed by atoms with E-state index < -0.39 is 0 Å². The number of hydrogen-bond donors (Lipinski definition) is 4. The molecule has 3 aromatic rings. The number of benzene rings is 1. The molecule has 0 spiro atoms. The summed E-state index contributed by atoms with van der Waals surface area (Å²) in [7, 11) is 0. The van der Waals surface area contributed by atoms with E-state index in [0.29, 0.717) is 12.6 Å². The molecular formula is C22H26N6O. The van der Waals surface area contributed by atoms with Crippen molar-refractivity contribution in [2.24, 2.45) is 5.73 Å². The summed E-state index contributed by atoms with van der Waals surface area (Å²) in [5, 5.41) is 6.48. The minimum absolute atomic E-state index is 0.0214. The van der Waals surface area contributed by atoms with E-state index in [1.807, 2.05) is 31.2 Å². The first kappa shape index (κ1) is 18.1. The monoisotopic (exact) mass is 390 g/mol. The Morgan fingerprint density at radius 1 is 1.21 bits per heavy atom. The lowest BCUT2D eigenvalue weighted by Crippen LogP contribution is -2.35. The summed E-state index contributed by atoms with van der Waals surface area (Å²) in [6.45, 7) is 2.65. The van der Waals surface area contributed by atoms with Gasteiger partial charge in [-0.1, -0.05) is 12.1 Å². The summed E-state index contributed by atoms with van der Waals surface area (Å²) >= 11 is 0. The molecule has 150 valence electrons. The van der Waals surface area contributed by atoms with Crippen molar-refractivity contribution in [3.8, 4) is 11.3 Å². The second-order valence-corrected chi connectivity index (χ2v) is 8.18. The number of carbonyl (C=O) groups is 1. The van der Waals surface area contributed by atoms with Crippen molar-refractivity contribution in [2.75, 3.05) is 11.9 Å². The molecular weight excluding hydrogens is 364 g/mol. The van der Waals surface area contributed by atoms with Crippen molar-refractivity contribution in [2.45, 2.75) is 51.1 Å². The van der Waals surface area contributed by atoms with Crippen LogP contribution in [0.25, 0.3) is 22.3 Å². The number of aromatic nitrogens is 3. The Hall–Kier alpha value is -2.93. The molecule has 2 aromatic heterocycles. The first-order chi connectivity index (χ1) is 14.1. The first-order valence-electron chi connectivity index (χ1n) is 10.4. The van der Waals surface area contributed by atoms with E-state index in [0.717, 1.165) is 77.2 Å². The molecule has 1 aromatic carbocycles. The average molecular weight is 390 g/mol. The smallest absolute Gasteiger partial charge is 0.253 e. The number of fused-ring (bicyclic) bond motifs is 2. The fraction of sp³-hybridized carbons (Fsp3) is 0.409. The Labute approximate surface area is 169 Å². The van der Waals surface area contributed by atoms with Crippen LogP contribution in [0.5, 0.6) is 0 Å². The number of rotatable bonds is 3. The molecule has 2 aliphatic rings. The fourth-order valence-corrected chi connectivity index (χ4v) is 4.51. The van der Waals surface area contributed by atoms with Gasteiger partial charge in [-0.2, -0.15) is 0 Å². The minimum Gasteiger partial charge on any atom is -0.366 e. The highest BCUT2D eigenvalue weighted by molar-refractivity contribution is 5.99. The van der Waals surface area contributed by atoms with Crippen LogP contribution in [0.4, 0.5) is 5.82 Å². The molecule has 0 radical (unpaired) electrons. The third-order valence-electron chi connectivity index (χ3n) is 6.02. The van der Waals surface area contributed by atoms with Crippen molar-refractivity contribution >= 4 is 22.8 Å². The Bertz CT molecular complexity index is 1090. The van der Waals surface area contributed by atoms with Crippen LogP contribution >= 0.6 is 0 Å². The number of H-pyrrole nitrogens is 1. The van der Waals surface area contributed by atoms with Crippen LogP contribution in [0.1, 0.15) is 47.4 Å². The predicted octanol–water partition coefficient (Wildman–Crippen LogP) is 2.90. The van der Waals surface area contributed by atoms with E-state index in [4.69, 9.17) is 15.7 Å². The molecule has 1 saturated carbocycles. The summed E-state index contributed by atoms with van der Waals surface area (Å²) in [5.74, 6) is 0.796. The lowest BCUT2D eigenvalue weighted by atomic mass is 9.91. The highest BCUT2D eigenvalue weighted by Crippen LogP contribution is 2.31. The zero-order valence-electron chi connectivity index (χ0n) is 16.6. The summed E-state index contributed by atoms with van der Waals surface area (Å²) in [5.41, 5.74) is 12.3. The van der Waals surface area contributed by atoms with Gasteiger partial charge in [-0.3, -0.25) is 4.79 Å². The molecule has 1 amide bonds. The highest BCUT2D eigenvalue weighted by Gasteiger charge is 2.23. The Morgan fingerprint density at radius 2 is 2.10 bits per heavy atom. The van der Waals surface area contributed by atoms with E-state index in [9.17, 15) is 4.79 Å². The summed E-state index contributed by atoms with van der Waals surface area (Å²) in [6.07, 6.45) is 5.10. The van der Waals surface area contributed by atoms with Gasteiger partial charge < -0.3 is 21.4 Å². The molecule has 1 fully saturated rings. The largest absolute Gasteiger partial charge is 0.366 e. The number of nitrogens with one attached hydrogen (secondary N) is 3. The summed E-state index contributed by atoms with van der Waals surface area (Å²) in [4.78, 5) is 25.3. The molecule has 0 bridgehead atoms. The summed E-state index contributed by atoms with van der Waals surface area (Å²) in [6, 6.07) is 8.50. The molecule has 1 aliphatic carbocycles. The van der Waals surface area contributed by atoms with E-state index >= 15 is 0 Å². The van der Waals surface area contributed by atoms with Crippen molar-refractivity contribution < 1.29 is 4.79 Å². The van der Waals surface area contributed by atoms with Gasteiger partial charge in [0.25, 0.3) is 5.91 Å². The number of nitrogens with zero attached hydrogens (tertiary/aromatic N) is 2. The third kappa shape index (κ3) is 3.35. The van der Waals surface area contributed by atoms with Gasteiger partial charge in [0.2, 0.25) is 0 Å². The second kappa shape index (κ2) is 7.15. The van der Waals surface area contributed by atoms with E-state index in [2.05, 4.69) is 15.6 Å². The number of hydrogen-bond acceptors (Lipinski definition) is 5. The molecule has 3 heterocycles. The molecule has 5 rings (SSSR count). The summed E-state index contributed by atoms with van der Waals surface area (Å²) < 4.78 is 0. The Morgan fingerprint density at radius 3 is 2.93 bits per heavy atom. The number of nitrogens with two attached hydrogens (primary N) is 1. The Balaban J connectivity index is 1.55. The van der Waals surface area contributed by atoms with Gasteiger partial charge in [0, 0.05) is 42.0 Å². The fourth-order valence-electron chi connectivity index (χ4n) is 4.51. The maximum Gasteiger partial charge on any atom is 0.253 e.